The fourth-order valence-electron chi connectivity index (χ4n) is 4.06. The minimum atomic E-state index is -0.174. The predicted molar refractivity (Wildman–Crippen MR) is 108 cm³/mol. The number of amides is 1. The van der Waals surface area contributed by atoms with Crippen molar-refractivity contribution in [2.75, 3.05) is 52.9 Å². The lowest BCUT2D eigenvalue weighted by Crippen LogP contribution is -2.41. The molecule has 1 aromatic rings. The maximum absolute atomic E-state index is 13.0. The molecule has 1 amide bonds. The number of piperidine rings is 1. The summed E-state index contributed by atoms with van der Waals surface area (Å²) in [5.74, 6) is 0.627. The summed E-state index contributed by atoms with van der Waals surface area (Å²) in [5.41, 5.74) is 1.19. The van der Waals surface area contributed by atoms with Crippen molar-refractivity contribution in [3.05, 3.63) is 35.6 Å². The Kier molecular flexibility index (Phi) is 8.25. The molecular formula is C22H34FN3O2. The van der Waals surface area contributed by atoms with Gasteiger partial charge in [0.15, 0.2) is 0 Å². The molecule has 0 aliphatic carbocycles. The Hall–Kier alpha value is -1.50. The lowest BCUT2D eigenvalue weighted by atomic mass is 9.96. The summed E-state index contributed by atoms with van der Waals surface area (Å²) in [5, 5.41) is 1.94. The Labute approximate surface area is 168 Å². The third kappa shape index (κ3) is 6.83. The Bertz CT molecular complexity index is 596. The van der Waals surface area contributed by atoms with Crippen LogP contribution in [-0.4, -0.2) is 73.7 Å². The van der Waals surface area contributed by atoms with Gasteiger partial charge in [-0.2, -0.15) is 5.06 Å². The Morgan fingerprint density at radius 3 is 2.57 bits per heavy atom. The number of halogens is 1. The average Bonchev–Trinajstić information content (AvgIpc) is 2.73. The number of rotatable bonds is 8. The fraction of sp³-hybridized carbons (Fsp3) is 0.682. The fourth-order valence-corrected chi connectivity index (χ4v) is 4.06. The van der Waals surface area contributed by atoms with Crippen LogP contribution in [0.2, 0.25) is 0 Å². The van der Waals surface area contributed by atoms with Gasteiger partial charge in [-0.25, -0.2) is 4.39 Å². The van der Waals surface area contributed by atoms with Crippen molar-refractivity contribution < 1.29 is 14.0 Å². The second-order valence-electron chi connectivity index (χ2n) is 8.16. The van der Waals surface area contributed by atoms with E-state index in [9.17, 15) is 9.18 Å². The molecule has 0 spiro atoms. The van der Waals surface area contributed by atoms with Crippen molar-refractivity contribution in [3.63, 3.8) is 0 Å². The third-order valence-corrected chi connectivity index (χ3v) is 5.95. The molecule has 2 saturated heterocycles. The second kappa shape index (κ2) is 10.9. The van der Waals surface area contributed by atoms with Crippen molar-refractivity contribution in [3.8, 4) is 0 Å². The molecule has 0 radical (unpaired) electrons. The summed E-state index contributed by atoms with van der Waals surface area (Å²) >= 11 is 0. The normalized spacial score (nSPS) is 19.6. The number of hydrogen-bond donors (Lipinski definition) is 0. The van der Waals surface area contributed by atoms with Crippen molar-refractivity contribution in [1.29, 1.82) is 0 Å². The standard InChI is InChI=1S/C22H34FN3O2/c1-24(22(27)11-16-26-12-2-3-17-28-26)18-20-9-14-25(15-10-20)13-8-19-4-6-21(23)7-5-19/h4-7,20H,2-3,8-18H2,1H3. The zero-order valence-corrected chi connectivity index (χ0v) is 17.1. The molecule has 0 N–H and O–H groups in total. The Morgan fingerprint density at radius 1 is 1.14 bits per heavy atom. The van der Waals surface area contributed by atoms with E-state index in [1.54, 1.807) is 0 Å². The molecule has 0 saturated carbocycles. The molecule has 0 atom stereocenters. The van der Waals surface area contributed by atoms with Crippen molar-refractivity contribution in [2.45, 2.75) is 38.5 Å². The van der Waals surface area contributed by atoms with E-state index in [0.717, 1.165) is 71.4 Å². The zero-order valence-electron chi connectivity index (χ0n) is 17.1. The van der Waals surface area contributed by atoms with Gasteiger partial charge in [0, 0.05) is 39.6 Å². The molecule has 28 heavy (non-hydrogen) atoms. The van der Waals surface area contributed by atoms with Gasteiger partial charge in [-0.05, 0) is 68.8 Å². The molecule has 0 bridgehead atoms. The van der Waals surface area contributed by atoms with Gasteiger partial charge in [0.25, 0.3) is 0 Å². The van der Waals surface area contributed by atoms with Gasteiger partial charge in [-0.1, -0.05) is 12.1 Å². The first-order chi connectivity index (χ1) is 13.6. The van der Waals surface area contributed by atoms with Crippen LogP contribution in [0.5, 0.6) is 0 Å². The van der Waals surface area contributed by atoms with E-state index in [-0.39, 0.29) is 11.7 Å². The summed E-state index contributed by atoms with van der Waals surface area (Å²) in [4.78, 5) is 22.4. The van der Waals surface area contributed by atoms with E-state index in [1.807, 2.05) is 29.1 Å². The van der Waals surface area contributed by atoms with E-state index in [1.165, 1.54) is 17.7 Å². The Balaban J connectivity index is 1.30. The maximum atomic E-state index is 13.0. The third-order valence-electron chi connectivity index (χ3n) is 5.95. The monoisotopic (exact) mass is 391 g/mol. The van der Waals surface area contributed by atoms with Crippen LogP contribution in [0, 0.1) is 11.7 Å². The van der Waals surface area contributed by atoms with Gasteiger partial charge < -0.3 is 9.80 Å². The molecule has 0 aromatic heterocycles. The van der Waals surface area contributed by atoms with Crippen LogP contribution in [0.1, 0.15) is 37.7 Å². The highest BCUT2D eigenvalue weighted by atomic mass is 19.1. The van der Waals surface area contributed by atoms with E-state index in [2.05, 4.69) is 4.90 Å². The molecule has 1 aromatic carbocycles. The van der Waals surface area contributed by atoms with Crippen LogP contribution < -0.4 is 0 Å². The SMILES string of the molecule is CN(CC1CCN(CCc2ccc(F)cc2)CC1)C(=O)CCN1CCCCO1. The largest absolute Gasteiger partial charge is 0.345 e. The highest BCUT2D eigenvalue weighted by Gasteiger charge is 2.22. The van der Waals surface area contributed by atoms with E-state index in [0.29, 0.717) is 18.9 Å². The minimum Gasteiger partial charge on any atom is -0.345 e. The molecular weight excluding hydrogens is 357 g/mol. The summed E-state index contributed by atoms with van der Waals surface area (Å²) in [6.07, 6.45) is 6.04. The van der Waals surface area contributed by atoms with Crippen LogP contribution >= 0.6 is 0 Å². The number of carbonyl (C=O) groups is 1. The summed E-state index contributed by atoms with van der Waals surface area (Å²) in [6, 6.07) is 6.81. The first-order valence-corrected chi connectivity index (χ1v) is 10.7. The lowest BCUT2D eigenvalue weighted by molar-refractivity contribution is -0.182. The number of carbonyl (C=O) groups excluding carboxylic acids is 1. The van der Waals surface area contributed by atoms with Crippen LogP contribution in [0.4, 0.5) is 4.39 Å². The molecule has 2 heterocycles. The van der Waals surface area contributed by atoms with Gasteiger partial charge in [-0.15, -0.1) is 0 Å². The first-order valence-electron chi connectivity index (χ1n) is 10.7. The maximum Gasteiger partial charge on any atom is 0.223 e. The van der Waals surface area contributed by atoms with Gasteiger partial charge in [0.1, 0.15) is 5.82 Å². The van der Waals surface area contributed by atoms with Gasteiger partial charge in [0.05, 0.1) is 6.61 Å². The van der Waals surface area contributed by atoms with Gasteiger partial charge in [0.2, 0.25) is 5.91 Å². The molecule has 2 fully saturated rings. The molecule has 6 heteroatoms. The highest BCUT2D eigenvalue weighted by Crippen LogP contribution is 2.19. The molecule has 156 valence electrons. The topological polar surface area (TPSA) is 36.0 Å². The average molecular weight is 392 g/mol. The van der Waals surface area contributed by atoms with Gasteiger partial charge >= 0.3 is 0 Å². The highest BCUT2D eigenvalue weighted by molar-refractivity contribution is 5.76. The minimum absolute atomic E-state index is 0.174. The second-order valence-corrected chi connectivity index (χ2v) is 8.16. The van der Waals surface area contributed by atoms with Crippen molar-refractivity contribution in [2.24, 2.45) is 5.92 Å². The first kappa shape index (κ1) is 21.2. The van der Waals surface area contributed by atoms with E-state index >= 15 is 0 Å². The number of hydrogen-bond acceptors (Lipinski definition) is 4. The lowest BCUT2D eigenvalue weighted by Gasteiger charge is -2.34. The number of benzene rings is 1. The summed E-state index contributed by atoms with van der Waals surface area (Å²) in [6.45, 7) is 6.45. The van der Waals surface area contributed by atoms with Crippen LogP contribution in [0.3, 0.4) is 0 Å². The molecule has 0 unspecified atom stereocenters. The summed E-state index contributed by atoms with van der Waals surface area (Å²) in [7, 11) is 1.93. The molecule has 2 aliphatic heterocycles. The summed E-state index contributed by atoms with van der Waals surface area (Å²) < 4.78 is 13.0. The molecule has 2 aliphatic rings. The number of likely N-dealkylation sites (tertiary alicyclic amines) is 1. The van der Waals surface area contributed by atoms with Crippen LogP contribution in [-0.2, 0) is 16.1 Å². The van der Waals surface area contributed by atoms with Crippen LogP contribution in [0.25, 0.3) is 0 Å². The van der Waals surface area contributed by atoms with Crippen molar-refractivity contribution >= 4 is 5.91 Å². The van der Waals surface area contributed by atoms with E-state index in [4.69, 9.17) is 4.84 Å². The number of nitrogens with zero attached hydrogens (tertiary/aromatic N) is 3. The smallest absolute Gasteiger partial charge is 0.223 e. The van der Waals surface area contributed by atoms with Crippen LogP contribution in [0.15, 0.2) is 24.3 Å². The number of hydroxylamine groups is 2. The van der Waals surface area contributed by atoms with E-state index < -0.39 is 0 Å². The van der Waals surface area contributed by atoms with Gasteiger partial charge in [-0.3, -0.25) is 9.63 Å². The molecule has 3 rings (SSSR count). The quantitative estimate of drug-likeness (QED) is 0.683. The van der Waals surface area contributed by atoms with Crippen molar-refractivity contribution in [1.82, 2.24) is 14.9 Å². The zero-order chi connectivity index (χ0) is 19.8. The predicted octanol–water partition coefficient (Wildman–Crippen LogP) is 2.96. The molecule has 5 nitrogen and oxygen atoms in total. The Morgan fingerprint density at radius 2 is 1.89 bits per heavy atom.